The summed E-state index contributed by atoms with van der Waals surface area (Å²) in [5, 5.41) is 3.70. The number of hydrogen-bond acceptors (Lipinski definition) is 8. The van der Waals surface area contributed by atoms with E-state index >= 15 is 0 Å². The molecule has 0 fully saturated rings. The van der Waals surface area contributed by atoms with Crippen molar-refractivity contribution in [3.8, 4) is 0 Å². The molecule has 0 spiro atoms. The van der Waals surface area contributed by atoms with Crippen molar-refractivity contribution in [1.29, 1.82) is 0 Å². The first kappa shape index (κ1) is 23.0. The molecule has 0 aliphatic heterocycles. The van der Waals surface area contributed by atoms with E-state index in [4.69, 9.17) is 34.7 Å². The number of carbonyl (C=O) groups is 2. The summed E-state index contributed by atoms with van der Waals surface area (Å²) in [6.07, 6.45) is -0.257. The van der Waals surface area contributed by atoms with Gasteiger partial charge in [0.15, 0.2) is 15.0 Å². The van der Waals surface area contributed by atoms with Gasteiger partial charge in [-0.1, -0.05) is 40.6 Å². The highest BCUT2D eigenvalue weighted by molar-refractivity contribution is 7.91. The Bertz CT molecular complexity index is 1240. The van der Waals surface area contributed by atoms with Gasteiger partial charge < -0.3 is 16.8 Å². The van der Waals surface area contributed by atoms with E-state index in [1.807, 2.05) is 0 Å². The largest absolute Gasteiger partial charge is 0.382 e. The number of nitrogens with one attached hydrogen (secondary N) is 1. The number of thiazole rings is 1. The molecule has 0 saturated carbocycles. The van der Waals surface area contributed by atoms with Crippen LogP contribution < -0.4 is 16.8 Å². The monoisotopic (exact) mass is 498 g/mol. The summed E-state index contributed by atoms with van der Waals surface area (Å²) in [4.78, 5) is 28.0. The van der Waals surface area contributed by atoms with Crippen LogP contribution in [0.15, 0.2) is 47.4 Å². The number of aromatic nitrogens is 1. The predicted molar refractivity (Wildman–Crippen MR) is 122 cm³/mol. The quantitative estimate of drug-likeness (QED) is 0.401. The van der Waals surface area contributed by atoms with Gasteiger partial charge in [0.25, 0.3) is 0 Å². The second kappa shape index (κ2) is 9.23. The average molecular weight is 499 g/mol. The number of carbonyl (C=O) groups excluding carboxylic acids is 2. The molecule has 0 unspecified atom stereocenters. The number of nitrogens with zero attached hydrogens (tertiary/aromatic N) is 1. The molecular formula is C19H16Cl2N4O4S2. The highest BCUT2D eigenvalue weighted by atomic mass is 35.5. The first-order valence-electron chi connectivity index (χ1n) is 8.71. The molecule has 3 rings (SSSR count). The molecule has 12 heteroatoms. The maximum Gasteiger partial charge on any atom is 0.218 e. The van der Waals surface area contributed by atoms with Gasteiger partial charge in [-0.25, -0.2) is 13.4 Å². The fourth-order valence-corrected chi connectivity index (χ4v) is 5.27. The molecule has 31 heavy (non-hydrogen) atoms. The van der Waals surface area contributed by atoms with Crippen molar-refractivity contribution in [2.45, 2.75) is 11.3 Å². The van der Waals surface area contributed by atoms with E-state index in [1.165, 1.54) is 24.3 Å². The number of anilines is 3. The Kier molecular flexibility index (Phi) is 6.85. The van der Waals surface area contributed by atoms with Crippen molar-refractivity contribution < 1.29 is 18.0 Å². The van der Waals surface area contributed by atoms with Crippen molar-refractivity contribution >= 4 is 72.7 Å². The van der Waals surface area contributed by atoms with Crippen LogP contribution in [0.4, 0.5) is 16.6 Å². The summed E-state index contributed by atoms with van der Waals surface area (Å²) in [5.74, 6) is -1.49. The lowest BCUT2D eigenvalue weighted by Crippen LogP contribution is -2.17. The third-order valence-electron chi connectivity index (χ3n) is 4.13. The van der Waals surface area contributed by atoms with Crippen LogP contribution in [0.2, 0.25) is 10.0 Å². The lowest BCUT2D eigenvalue weighted by atomic mass is 10.1. The predicted octanol–water partition coefficient (Wildman–Crippen LogP) is 3.66. The molecule has 162 valence electrons. The standard InChI is InChI=1S/C19H16Cl2N4O4S2/c20-12-2-1-3-13(21)15(12)16(27)17-18(23)25-19(30-17)24-10-4-6-11(7-5-10)31(28,29)9-8-14(22)26/h1-7H,8-9,23H2,(H2,22,26)(H,24,25). The molecule has 0 atom stereocenters. The molecule has 8 nitrogen and oxygen atoms in total. The number of halogens is 2. The van der Waals surface area contributed by atoms with E-state index in [9.17, 15) is 18.0 Å². The molecule has 2 aromatic carbocycles. The third-order valence-corrected chi connectivity index (χ3v) is 7.48. The van der Waals surface area contributed by atoms with Gasteiger partial charge in [-0.3, -0.25) is 9.59 Å². The fourth-order valence-electron chi connectivity index (χ4n) is 2.60. The minimum absolute atomic E-state index is 0.0131. The molecule has 0 aliphatic carbocycles. The van der Waals surface area contributed by atoms with Gasteiger partial charge in [-0.15, -0.1) is 0 Å². The topological polar surface area (TPSA) is 145 Å². The molecular weight excluding hydrogens is 483 g/mol. The van der Waals surface area contributed by atoms with Crippen molar-refractivity contribution in [3.63, 3.8) is 0 Å². The molecule has 0 aliphatic rings. The summed E-state index contributed by atoms with van der Waals surface area (Å²) >= 11 is 13.2. The van der Waals surface area contributed by atoms with Gasteiger partial charge in [-0.05, 0) is 36.4 Å². The minimum atomic E-state index is -3.63. The number of ketones is 1. The second-order valence-corrected chi connectivity index (χ2v) is 10.3. The SMILES string of the molecule is NC(=O)CCS(=O)(=O)c1ccc(Nc2nc(N)c(C(=O)c3c(Cl)cccc3Cl)s2)cc1. The van der Waals surface area contributed by atoms with Crippen molar-refractivity contribution in [3.05, 3.63) is 63.0 Å². The van der Waals surface area contributed by atoms with Crippen LogP contribution in [0, 0.1) is 0 Å². The van der Waals surface area contributed by atoms with Crippen LogP contribution in [0.1, 0.15) is 21.7 Å². The van der Waals surface area contributed by atoms with E-state index < -0.39 is 21.5 Å². The number of hydrogen-bond donors (Lipinski definition) is 3. The molecule has 0 radical (unpaired) electrons. The molecule has 1 heterocycles. The maximum atomic E-state index is 12.8. The Morgan fingerprint density at radius 3 is 2.26 bits per heavy atom. The zero-order valence-electron chi connectivity index (χ0n) is 15.8. The van der Waals surface area contributed by atoms with Gasteiger partial charge >= 0.3 is 0 Å². The van der Waals surface area contributed by atoms with Crippen molar-refractivity contribution in [2.75, 3.05) is 16.8 Å². The molecule has 3 aromatic rings. The minimum Gasteiger partial charge on any atom is -0.382 e. The van der Waals surface area contributed by atoms with E-state index in [0.29, 0.717) is 10.8 Å². The summed E-state index contributed by atoms with van der Waals surface area (Å²) in [6, 6.07) is 10.6. The van der Waals surface area contributed by atoms with Gasteiger partial charge in [0.1, 0.15) is 10.7 Å². The Balaban J connectivity index is 1.79. The van der Waals surface area contributed by atoms with Crippen LogP contribution in [0.5, 0.6) is 0 Å². The smallest absolute Gasteiger partial charge is 0.218 e. The fraction of sp³-hybridized carbons (Fsp3) is 0.105. The van der Waals surface area contributed by atoms with Crippen LogP contribution in [-0.2, 0) is 14.6 Å². The van der Waals surface area contributed by atoms with Gasteiger partial charge in [0, 0.05) is 12.1 Å². The number of rotatable bonds is 8. The Hall–Kier alpha value is -2.66. The number of amides is 1. The zero-order valence-corrected chi connectivity index (χ0v) is 18.9. The number of nitrogens with two attached hydrogens (primary N) is 2. The lowest BCUT2D eigenvalue weighted by molar-refractivity contribution is -0.117. The molecule has 1 aromatic heterocycles. The highest BCUT2D eigenvalue weighted by Gasteiger charge is 2.23. The van der Waals surface area contributed by atoms with Gasteiger partial charge in [0.2, 0.25) is 11.7 Å². The molecule has 0 saturated heterocycles. The van der Waals surface area contributed by atoms with Gasteiger partial charge in [-0.2, -0.15) is 0 Å². The van der Waals surface area contributed by atoms with E-state index in [1.54, 1.807) is 18.2 Å². The van der Waals surface area contributed by atoms with Crippen LogP contribution in [0.3, 0.4) is 0 Å². The summed E-state index contributed by atoms with van der Waals surface area (Å²) in [5.41, 5.74) is 11.6. The molecule has 0 bridgehead atoms. The van der Waals surface area contributed by atoms with Crippen molar-refractivity contribution in [1.82, 2.24) is 4.98 Å². The molecule has 5 N–H and O–H groups in total. The first-order valence-corrected chi connectivity index (χ1v) is 11.9. The Morgan fingerprint density at radius 1 is 1.06 bits per heavy atom. The van der Waals surface area contributed by atoms with E-state index in [0.717, 1.165) is 11.3 Å². The summed E-state index contributed by atoms with van der Waals surface area (Å²) < 4.78 is 24.4. The number of sulfone groups is 1. The third kappa shape index (κ3) is 5.34. The van der Waals surface area contributed by atoms with E-state index in [-0.39, 0.29) is 43.4 Å². The highest BCUT2D eigenvalue weighted by Crippen LogP contribution is 2.34. The Labute approximate surface area is 192 Å². The first-order chi connectivity index (χ1) is 14.6. The number of primary amides is 1. The average Bonchev–Trinajstić information content (AvgIpc) is 3.06. The summed E-state index contributed by atoms with van der Waals surface area (Å²) in [7, 11) is -3.63. The van der Waals surface area contributed by atoms with Crippen LogP contribution in [-0.4, -0.2) is 30.8 Å². The van der Waals surface area contributed by atoms with E-state index in [2.05, 4.69) is 10.3 Å². The van der Waals surface area contributed by atoms with Gasteiger partial charge in [0.05, 0.1) is 26.3 Å². The zero-order chi connectivity index (χ0) is 22.8. The van der Waals surface area contributed by atoms with Crippen LogP contribution >= 0.6 is 34.5 Å². The molecule has 1 amide bonds. The summed E-state index contributed by atoms with van der Waals surface area (Å²) in [6.45, 7) is 0. The van der Waals surface area contributed by atoms with Crippen molar-refractivity contribution in [2.24, 2.45) is 5.73 Å². The number of benzene rings is 2. The number of nitrogen functional groups attached to an aromatic ring is 1. The van der Waals surface area contributed by atoms with Crippen LogP contribution in [0.25, 0.3) is 0 Å². The normalized spacial score (nSPS) is 11.3. The second-order valence-electron chi connectivity index (χ2n) is 6.34. The maximum absolute atomic E-state index is 12.8. The Morgan fingerprint density at radius 2 is 1.68 bits per heavy atom. The lowest BCUT2D eigenvalue weighted by Gasteiger charge is -2.06.